The molecule has 0 aromatic carbocycles. The Hall–Kier alpha value is -0.448. The fourth-order valence-corrected chi connectivity index (χ4v) is 0. The van der Waals surface area contributed by atoms with E-state index in [0.717, 1.165) is 13.8 Å². The van der Waals surface area contributed by atoms with Crippen molar-refractivity contribution in [1.82, 2.24) is 0 Å². The third-order valence-electron chi connectivity index (χ3n) is 0. The van der Waals surface area contributed by atoms with Gasteiger partial charge in [-0.15, -0.1) is 0 Å². The summed E-state index contributed by atoms with van der Waals surface area (Å²) in [6, 6.07) is 0. The molecule has 0 radical (unpaired) electrons. The zero-order chi connectivity index (χ0) is 9.86. The topological polar surface area (TPSA) is 140 Å². The Labute approximate surface area is 83.3 Å². The van der Waals surface area contributed by atoms with E-state index in [9.17, 15) is 0 Å². The van der Waals surface area contributed by atoms with E-state index in [2.05, 4.69) is 0 Å². The van der Waals surface area contributed by atoms with Gasteiger partial charge in [0.25, 0.3) is 11.9 Å². The molecular weight excluding hydrogens is 398 g/mol. The van der Waals surface area contributed by atoms with E-state index in [0.29, 0.717) is 0 Å². The summed E-state index contributed by atoms with van der Waals surface area (Å²) in [6.07, 6.45) is 0. The van der Waals surface area contributed by atoms with E-state index in [1.807, 2.05) is 0 Å². The quantitative estimate of drug-likeness (QED) is 0.534. The van der Waals surface area contributed by atoms with Crippen LogP contribution in [0.15, 0.2) is 0 Å². The Morgan fingerprint density at radius 2 is 1.00 bits per heavy atom. The second-order valence-electron chi connectivity index (χ2n) is 1.12. The molecule has 0 saturated heterocycles. The molecule has 0 aliphatic rings. The van der Waals surface area contributed by atoms with Crippen molar-refractivity contribution in [2.75, 3.05) is 0 Å². The molecule has 0 aliphatic carbocycles. The summed E-state index contributed by atoms with van der Waals surface area (Å²) in [6.45, 7) is 2.17. The van der Waals surface area contributed by atoms with Crippen LogP contribution in [0.25, 0.3) is 0 Å². The van der Waals surface area contributed by atoms with Crippen molar-refractivity contribution in [3.8, 4) is 0 Å². The van der Waals surface area contributed by atoms with E-state index in [1.54, 1.807) is 0 Å². The summed E-state index contributed by atoms with van der Waals surface area (Å²) in [5.41, 5.74) is 0. The van der Waals surface area contributed by atoms with Crippen molar-refractivity contribution in [2.24, 2.45) is 0 Å². The second kappa shape index (κ2) is 22.4. The number of hydrogen-bond donors (Lipinski definition) is 2. The van der Waals surface area contributed by atoms with Crippen LogP contribution in [0.1, 0.15) is 13.8 Å². The first kappa shape index (κ1) is 22.6. The number of carboxylic acids is 2. The van der Waals surface area contributed by atoms with Gasteiger partial charge in [-0.2, -0.15) is 0 Å². The molecule has 0 saturated carbocycles. The minimum atomic E-state index is -2.51. The molecule has 0 aliphatic heterocycles. The number of aliphatic carboxylic acids is 2. The van der Waals surface area contributed by atoms with Crippen molar-refractivity contribution in [3.05, 3.63) is 0 Å². The van der Waals surface area contributed by atoms with Gasteiger partial charge < -0.3 is 15.7 Å². The van der Waals surface area contributed by atoms with Gasteiger partial charge in [-0.05, 0) is 0 Å². The van der Waals surface area contributed by atoms with E-state index in [4.69, 9.17) is 24.3 Å². The monoisotopic (exact) mass is 408 g/mol. The molecule has 0 unspecified atom stereocenters. The zero-order valence-electron chi connectivity index (χ0n) is 6.53. The van der Waals surface area contributed by atoms with E-state index in [1.165, 1.54) is 0 Å². The van der Waals surface area contributed by atoms with Crippen molar-refractivity contribution in [3.63, 3.8) is 0 Å². The number of carbonyl (C=O) groups is 2. The van der Waals surface area contributed by atoms with Gasteiger partial charge in [-0.1, -0.05) is 0 Å². The third kappa shape index (κ3) is 3480. The maximum atomic E-state index is 9.00. The Bertz CT molecular complexity index is 127. The molecule has 0 aromatic heterocycles. The van der Waals surface area contributed by atoms with Gasteiger partial charge in [0.15, 0.2) is 0 Å². The summed E-state index contributed by atoms with van der Waals surface area (Å²) < 4.78 is 17.2. The van der Waals surface area contributed by atoms with Gasteiger partial charge in [0.2, 0.25) is 0 Å². The van der Waals surface area contributed by atoms with Crippen LogP contribution < -0.4 is 0 Å². The Morgan fingerprint density at radius 1 is 1.00 bits per heavy atom. The Kier molecular flexibility index (Phi) is 42.1. The molecule has 0 spiro atoms. The summed E-state index contributed by atoms with van der Waals surface area (Å²) in [4.78, 5) is 18.0. The van der Waals surface area contributed by atoms with Crippen molar-refractivity contribution in [1.29, 1.82) is 0 Å². The normalized spacial score (nSPS) is 4.83. The van der Waals surface area contributed by atoms with Crippen LogP contribution >= 0.6 is 0 Å². The van der Waals surface area contributed by atoms with Crippen LogP contribution in [0, 0.1) is 27.8 Å². The predicted octanol–water partition coefficient (Wildman–Crippen LogP) is -0.881. The first-order valence-corrected chi connectivity index (χ1v) is 5.66. The van der Waals surface area contributed by atoms with Crippen molar-refractivity contribution >= 4 is 11.9 Å². The first-order chi connectivity index (χ1) is 4.88. The Morgan fingerprint density at radius 3 is 1.00 bits per heavy atom. The van der Waals surface area contributed by atoms with Crippen LogP contribution in [-0.2, 0) is 14.1 Å². The molecular formula is C4H10O7U. The average Bonchev–Trinajstić information content (AvgIpc) is 1.60. The summed E-state index contributed by atoms with van der Waals surface area (Å²) in [5, 5.41) is 14.8. The molecule has 0 aromatic rings. The molecule has 0 bridgehead atoms. The number of hydrogen-bond acceptors (Lipinski definition) is 4. The minimum absolute atomic E-state index is 0. The molecule has 12 heavy (non-hydrogen) atoms. The molecule has 7 nitrogen and oxygen atoms in total. The number of carboxylic acid groups (broad SMARTS) is 2. The van der Waals surface area contributed by atoms with Gasteiger partial charge in [0, 0.05) is 13.8 Å². The van der Waals surface area contributed by atoms with Gasteiger partial charge in [-0.25, -0.2) is 0 Å². The van der Waals surface area contributed by atoms with Crippen LogP contribution in [0.4, 0.5) is 0 Å². The fourth-order valence-electron chi connectivity index (χ4n) is 0. The van der Waals surface area contributed by atoms with Crippen molar-refractivity contribution < 1.29 is 57.6 Å². The SMILES string of the molecule is CC(=O)O.CC(=O)O.O.[O]=[U]=[O]. The van der Waals surface area contributed by atoms with E-state index < -0.39 is 39.8 Å². The fraction of sp³-hybridized carbons (Fsp3) is 0.500. The van der Waals surface area contributed by atoms with E-state index in [-0.39, 0.29) is 5.48 Å². The van der Waals surface area contributed by atoms with Crippen molar-refractivity contribution in [2.45, 2.75) is 13.8 Å². The molecule has 72 valence electrons. The van der Waals surface area contributed by atoms with Gasteiger partial charge in [0.05, 0.1) is 0 Å². The molecule has 0 fully saturated rings. The molecule has 8 heteroatoms. The second-order valence-corrected chi connectivity index (χ2v) is 1.82. The standard InChI is InChI=1S/2C2H4O2.H2O.2O.U/c2*1-2(3)4;;;;/h2*1H3,(H,3,4);1H2;;;. The molecule has 0 amide bonds. The number of rotatable bonds is 0. The molecule has 0 rings (SSSR count). The first-order valence-electron chi connectivity index (χ1n) is 2.26. The van der Waals surface area contributed by atoms with Crippen LogP contribution in [0.5, 0.6) is 0 Å². The van der Waals surface area contributed by atoms with Gasteiger partial charge >= 0.3 is 32.3 Å². The van der Waals surface area contributed by atoms with Gasteiger partial charge in [0.1, 0.15) is 0 Å². The third-order valence-corrected chi connectivity index (χ3v) is 0. The summed E-state index contributed by atoms with van der Waals surface area (Å²) in [5.74, 6) is -1.67. The van der Waals surface area contributed by atoms with Gasteiger partial charge in [-0.3, -0.25) is 9.59 Å². The van der Waals surface area contributed by atoms with Crippen LogP contribution in [0.3, 0.4) is 0 Å². The predicted molar refractivity (Wildman–Crippen MR) is 31.6 cm³/mol. The maximum absolute atomic E-state index is 9.00. The molecule has 4 N–H and O–H groups in total. The van der Waals surface area contributed by atoms with E-state index >= 15 is 0 Å². The molecule has 0 heterocycles. The zero-order valence-corrected chi connectivity index (χ0v) is 10.7. The van der Waals surface area contributed by atoms with Crippen LogP contribution in [0.2, 0.25) is 0 Å². The summed E-state index contributed by atoms with van der Waals surface area (Å²) >= 11 is -2.51. The Balaban J connectivity index is -0.0000000389. The molecule has 0 atom stereocenters. The summed E-state index contributed by atoms with van der Waals surface area (Å²) in [7, 11) is 0. The average molecular weight is 408 g/mol. The van der Waals surface area contributed by atoms with Crippen LogP contribution in [-0.4, -0.2) is 27.6 Å².